The van der Waals surface area contributed by atoms with Gasteiger partial charge in [0.25, 0.3) is 0 Å². The van der Waals surface area contributed by atoms with Crippen molar-refractivity contribution in [1.82, 2.24) is 19.4 Å². The van der Waals surface area contributed by atoms with Gasteiger partial charge < -0.3 is 14.4 Å². The molecule has 3 aromatic rings. The van der Waals surface area contributed by atoms with Gasteiger partial charge in [0.2, 0.25) is 11.8 Å². The lowest BCUT2D eigenvalue weighted by Gasteiger charge is -2.24. The van der Waals surface area contributed by atoms with Crippen LogP contribution >= 0.6 is 0 Å². The van der Waals surface area contributed by atoms with E-state index in [9.17, 15) is 9.59 Å². The number of rotatable bonds is 7. The zero-order chi connectivity index (χ0) is 22.5. The van der Waals surface area contributed by atoms with E-state index in [2.05, 4.69) is 11.1 Å². The van der Waals surface area contributed by atoms with E-state index in [0.717, 1.165) is 16.8 Å². The summed E-state index contributed by atoms with van der Waals surface area (Å²) in [6, 6.07) is 18.9. The highest BCUT2D eigenvalue weighted by molar-refractivity contribution is 5.89. The van der Waals surface area contributed by atoms with Crippen LogP contribution in [0.4, 0.5) is 0 Å². The quantitative estimate of drug-likeness (QED) is 0.580. The molecular formula is C25H25N5O2. The maximum Gasteiger partial charge on any atom is 0.245 e. The number of carbonyl (C=O) groups is 2. The van der Waals surface area contributed by atoms with Gasteiger partial charge in [-0.05, 0) is 29.7 Å². The van der Waals surface area contributed by atoms with Gasteiger partial charge in [0.05, 0.1) is 24.4 Å². The fraction of sp³-hybridized carbons (Fsp3) is 0.280. The van der Waals surface area contributed by atoms with Gasteiger partial charge >= 0.3 is 0 Å². The number of amides is 2. The van der Waals surface area contributed by atoms with Gasteiger partial charge in [0.15, 0.2) is 0 Å². The molecule has 1 fully saturated rings. The lowest BCUT2D eigenvalue weighted by molar-refractivity contribution is -0.140. The number of hydrogen-bond acceptors (Lipinski definition) is 4. The summed E-state index contributed by atoms with van der Waals surface area (Å²) >= 11 is 0. The first-order valence-corrected chi connectivity index (χ1v) is 10.6. The molecule has 32 heavy (non-hydrogen) atoms. The van der Waals surface area contributed by atoms with E-state index >= 15 is 0 Å². The number of likely N-dealkylation sites (tertiary alicyclic amines) is 1. The zero-order valence-electron chi connectivity index (χ0n) is 18.0. The first kappa shape index (κ1) is 21.3. The van der Waals surface area contributed by atoms with E-state index in [1.807, 2.05) is 51.9 Å². The molecule has 0 N–H and O–H groups in total. The van der Waals surface area contributed by atoms with Gasteiger partial charge in [-0.1, -0.05) is 42.5 Å². The van der Waals surface area contributed by atoms with Crippen LogP contribution in [0.5, 0.6) is 0 Å². The summed E-state index contributed by atoms with van der Waals surface area (Å²) in [5.41, 5.74) is 3.51. The smallest absolute Gasteiger partial charge is 0.245 e. The van der Waals surface area contributed by atoms with Crippen molar-refractivity contribution < 1.29 is 9.59 Å². The van der Waals surface area contributed by atoms with Crippen LogP contribution in [0, 0.1) is 11.3 Å². The average molecular weight is 428 g/mol. The molecule has 1 aliphatic rings. The monoisotopic (exact) mass is 427 g/mol. The number of benzene rings is 2. The molecule has 2 amide bonds. The van der Waals surface area contributed by atoms with Crippen LogP contribution in [0.1, 0.15) is 28.8 Å². The Morgan fingerprint density at radius 2 is 1.84 bits per heavy atom. The van der Waals surface area contributed by atoms with Crippen LogP contribution < -0.4 is 0 Å². The third-order valence-electron chi connectivity index (χ3n) is 5.91. The minimum atomic E-state index is -0.430. The number of nitriles is 1. The van der Waals surface area contributed by atoms with Crippen molar-refractivity contribution in [1.29, 1.82) is 5.26 Å². The van der Waals surface area contributed by atoms with Gasteiger partial charge in [-0.15, -0.1) is 0 Å². The van der Waals surface area contributed by atoms with Crippen molar-refractivity contribution in [2.24, 2.45) is 0 Å². The molecule has 0 aliphatic carbocycles. The van der Waals surface area contributed by atoms with Crippen LogP contribution in [0.15, 0.2) is 67.1 Å². The number of likely N-dealkylation sites (N-methyl/N-ethyl adjacent to an activating group) is 1. The molecule has 1 atom stereocenters. The van der Waals surface area contributed by atoms with Crippen molar-refractivity contribution in [3.05, 3.63) is 89.5 Å². The van der Waals surface area contributed by atoms with Gasteiger partial charge in [0.1, 0.15) is 6.04 Å². The summed E-state index contributed by atoms with van der Waals surface area (Å²) < 4.78 is 1.92. The lowest BCUT2D eigenvalue weighted by atomic mass is 10.1. The molecule has 0 saturated carbocycles. The topological polar surface area (TPSA) is 82.2 Å². The van der Waals surface area contributed by atoms with Crippen molar-refractivity contribution in [3.63, 3.8) is 0 Å². The Labute approximate surface area is 187 Å². The van der Waals surface area contributed by atoms with E-state index in [4.69, 9.17) is 5.26 Å². The lowest BCUT2D eigenvalue weighted by Crippen LogP contribution is -2.43. The van der Waals surface area contributed by atoms with Crippen molar-refractivity contribution in [2.45, 2.75) is 32.0 Å². The van der Waals surface area contributed by atoms with Crippen molar-refractivity contribution in [3.8, 4) is 6.07 Å². The number of imidazole rings is 1. The molecule has 2 aromatic carbocycles. The zero-order valence-corrected chi connectivity index (χ0v) is 18.0. The third-order valence-corrected chi connectivity index (χ3v) is 5.91. The minimum absolute atomic E-state index is 0.00390. The molecule has 7 nitrogen and oxygen atoms in total. The highest BCUT2D eigenvalue weighted by Crippen LogP contribution is 2.20. The van der Waals surface area contributed by atoms with Crippen LogP contribution in [0.2, 0.25) is 0 Å². The first-order chi connectivity index (χ1) is 15.5. The molecule has 1 unspecified atom stereocenters. The van der Waals surface area contributed by atoms with E-state index < -0.39 is 6.04 Å². The van der Waals surface area contributed by atoms with E-state index in [0.29, 0.717) is 31.6 Å². The molecule has 0 radical (unpaired) electrons. The predicted octanol–water partition coefficient (Wildman–Crippen LogP) is 2.61. The second-order valence-electron chi connectivity index (χ2n) is 8.05. The molecular weight excluding hydrogens is 402 g/mol. The van der Waals surface area contributed by atoms with Gasteiger partial charge in [0, 0.05) is 38.6 Å². The number of hydrogen-bond donors (Lipinski definition) is 0. The normalized spacial score (nSPS) is 15.6. The highest BCUT2D eigenvalue weighted by Gasteiger charge is 2.36. The molecule has 1 aromatic heterocycles. The molecule has 4 rings (SSSR count). The molecule has 1 saturated heterocycles. The average Bonchev–Trinajstić information content (AvgIpc) is 3.40. The largest absolute Gasteiger partial charge is 0.336 e. The molecule has 1 aliphatic heterocycles. The Kier molecular flexibility index (Phi) is 6.31. The summed E-state index contributed by atoms with van der Waals surface area (Å²) in [7, 11) is 1.71. The Morgan fingerprint density at radius 1 is 1.12 bits per heavy atom. The fourth-order valence-corrected chi connectivity index (χ4v) is 4.02. The standard InChI is InChI=1S/C25H25N5O2/c1-28(23-11-12-29(25(23)32)16-20-5-3-2-4-6-20)24(31)13-22-15-27-18-30(22)17-21-9-7-19(14-26)8-10-21/h2-10,15,18,23H,11-13,16-17H2,1H3. The Morgan fingerprint density at radius 3 is 2.56 bits per heavy atom. The summed E-state index contributed by atoms with van der Waals surface area (Å²) in [4.78, 5) is 33.5. The second kappa shape index (κ2) is 9.48. The SMILES string of the molecule is CN(C(=O)Cc1cncn1Cc1ccc(C#N)cc1)C1CCN(Cc2ccccc2)C1=O. The van der Waals surface area contributed by atoms with E-state index in [-0.39, 0.29) is 18.2 Å². The van der Waals surface area contributed by atoms with Crippen molar-refractivity contribution in [2.75, 3.05) is 13.6 Å². The maximum atomic E-state index is 13.0. The van der Waals surface area contributed by atoms with E-state index in [1.54, 1.807) is 36.6 Å². The number of nitrogens with zero attached hydrogens (tertiary/aromatic N) is 5. The third kappa shape index (κ3) is 4.70. The minimum Gasteiger partial charge on any atom is -0.336 e. The Hall–Kier alpha value is -3.92. The van der Waals surface area contributed by atoms with E-state index in [1.165, 1.54) is 0 Å². The Bertz CT molecular complexity index is 1130. The van der Waals surface area contributed by atoms with Gasteiger partial charge in [-0.3, -0.25) is 9.59 Å². The van der Waals surface area contributed by atoms with Crippen LogP contribution in [0.25, 0.3) is 0 Å². The highest BCUT2D eigenvalue weighted by atomic mass is 16.2. The fourth-order valence-electron chi connectivity index (χ4n) is 4.02. The summed E-state index contributed by atoms with van der Waals surface area (Å²) in [6.45, 7) is 1.77. The predicted molar refractivity (Wildman–Crippen MR) is 119 cm³/mol. The van der Waals surface area contributed by atoms with Gasteiger partial charge in [-0.2, -0.15) is 5.26 Å². The summed E-state index contributed by atoms with van der Waals surface area (Å²) in [5, 5.41) is 8.94. The number of carbonyl (C=O) groups excluding carboxylic acids is 2. The molecule has 0 bridgehead atoms. The van der Waals surface area contributed by atoms with Crippen LogP contribution in [-0.2, 0) is 29.1 Å². The number of aromatic nitrogens is 2. The van der Waals surface area contributed by atoms with Gasteiger partial charge in [-0.25, -0.2) is 4.98 Å². The van der Waals surface area contributed by atoms with Crippen molar-refractivity contribution >= 4 is 11.8 Å². The first-order valence-electron chi connectivity index (χ1n) is 10.6. The van der Waals surface area contributed by atoms with Crippen LogP contribution in [-0.4, -0.2) is 50.8 Å². The summed E-state index contributed by atoms with van der Waals surface area (Å²) in [5.74, 6) is -0.109. The maximum absolute atomic E-state index is 13.0. The Balaban J connectivity index is 1.37. The molecule has 0 spiro atoms. The molecule has 162 valence electrons. The summed E-state index contributed by atoms with van der Waals surface area (Å²) in [6.07, 6.45) is 4.20. The molecule has 2 heterocycles. The van der Waals surface area contributed by atoms with Crippen LogP contribution in [0.3, 0.4) is 0 Å². The molecule has 7 heteroatoms. The second-order valence-corrected chi connectivity index (χ2v) is 8.05.